The lowest BCUT2D eigenvalue weighted by Gasteiger charge is -2.24. The number of rotatable bonds is 13. The minimum atomic E-state index is -1.51. The Kier molecular flexibility index (Phi) is 10.5. The van der Waals surface area contributed by atoms with Crippen LogP contribution in [0.4, 0.5) is 0 Å². The Hall–Kier alpha value is -3.22. The van der Waals surface area contributed by atoms with Gasteiger partial charge in [0.05, 0.1) is 18.9 Å². The van der Waals surface area contributed by atoms with Crippen molar-refractivity contribution < 1.29 is 33.9 Å². The maximum absolute atomic E-state index is 12.7. The lowest BCUT2D eigenvalue weighted by molar-refractivity contribution is -0.143. The van der Waals surface area contributed by atoms with E-state index in [4.69, 9.17) is 11.5 Å². The van der Waals surface area contributed by atoms with Gasteiger partial charge in [0.25, 0.3) is 0 Å². The Balaban J connectivity index is 2.94. The van der Waals surface area contributed by atoms with Gasteiger partial charge in [-0.15, -0.1) is 0 Å². The van der Waals surface area contributed by atoms with Gasteiger partial charge in [-0.2, -0.15) is 0 Å². The van der Waals surface area contributed by atoms with E-state index in [0.29, 0.717) is 13.0 Å². The molecular formula is C19H32N6O7. The van der Waals surface area contributed by atoms with E-state index >= 15 is 0 Å². The molecule has 13 heteroatoms. The van der Waals surface area contributed by atoms with Crippen molar-refractivity contribution in [3.8, 4) is 0 Å². The summed E-state index contributed by atoms with van der Waals surface area (Å²) >= 11 is 0. The molecule has 0 saturated carbocycles. The molecule has 4 atom stereocenters. The van der Waals surface area contributed by atoms with Crippen molar-refractivity contribution in [3.05, 3.63) is 0 Å². The molecule has 5 amide bonds. The third kappa shape index (κ3) is 9.29. The van der Waals surface area contributed by atoms with E-state index in [1.807, 2.05) is 0 Å². The molecule has 1 aliphatic rings. The van der Waals surface area contributed by atoms with Crippen LogP contribution in [0.15, 0.2) is 0 Å². The number of carbonyl (C=O) groups is 6. The zero-order valence-electron chi connectivity index (χ0n) is 18.2. The van der Waals surface area contributed by atoms with Crippen LogP contribution in [0.5, 0.6) is 0 Å². The molecule has 32 heavy (non-hydrogen) atoms. The van der Waals surface area contributed by atoms with E-state index in [1.165, 1.54) is 0 Å². The van der Waals surface area contributed by atoms with Gasteiger partial charge in [-0.1, -0.05) is 13.8 Å². The molecule has 0 aromatic rings. The minimum Gasteiger partial charge on any atom is -0.480 e. The highest BCUT2D eigenvalue weighted by Crippen LogP contribution is 2.08. The number of carboxylic acids is 1. The van der Waals surface area contributed by atoms with E-state index < -0.39 is 72.5 Å². The van der Waals surface area contributed by atoms with Crippen LogP contribution < -0.4 is 32.7 Å². The monoisotopic (exact) mass is 456 g/mol. The molecule has 1 aliphatic heterocycles. The molecule has 1 saturated heterocycles. The zero-order chi connectivity index (χ0) is 24.4. The molecule has 9 N–H and O–H groups in total. The Morgan fingerprint density at radius 3 is 1.81 bits per heavy atom. The van der Waals surface area contributed by atoms with Crippen LogP contribution in [0, 0.1) is 5.92 Å². The molecule has 0 aliphatic carbocycles. The molecule has 0 radical (unpaired) electrons. The molecule has 0 spiro atoms. The first-order chi connectivity index (χ1) is 14.9. The summed E-state index contributed by atoms with van der Waals surface area (Å²) in [4.78, 5) is 71.9. The molecule has 0 aromatic carbocycles. The number of carboxylic acid groups (broad SMARTS) is 1. The summed E-state index contributed by atoms with van der Waals surface area (Å²) in [5, 5.41) is 19.2. The van der Waals surface area contributed by atoms with Gasteiger partial charge in [0, 0.05) is 0 Å². The van der Waals surface area contributed by atoms with Gasteiger partial charge < -0.3 is 37.8 Å². The molecule has 4 unspecified atom stereocenters. The fourth-order valence-electron chi connectivity index (χ4n) is 3.24. The highest BCUT2D eigenvalue weighted by molar-refractivity contribution is 5.97. The van der Waals surface area contributed by atoms with Crippen LogP contribution in [-0.2, 0) is 28.8 Å². The first kappa shape index (κ1) is 26.8. The summed E-state index contributed by atoms with van der Waals surface area (Å²) in [6.07, 6.45) is 0.281. The van der Waals surface area contributed by atoms with E-state index in [1.54, 1.807) is 13.8 Å². The summed E-state index contributed by atoms with van der Waals surface area (Å²) in [7, 11) is 0. The number of nitrogens with two attached hydrogens (primary N) is 2. The number of carbonyl (C=O) groups excluding carboxylic acids is 5. The summed E-state index contributed by atoms with van der Waals surface area (Å²) in [5.41, 5.74) is 10.3. The van der Waals surface area contributed by atoms with Crippen molar-refractivity contribution in [1.82, 2.24) is 21.3 Å². The van der Waals surface area contributed by atoms with Crippen molar-refractivity contribution in [2.75, 3.05) is 6.54 Å². The fraction of sp³-hybridized carbons (Fsp3) is 0.684. The van der Waals surface area contributed by atoms with Crippen molar-refractivity contribution in [2.45, 2.75) is 70.1 Å². The summed E-state index contributed by atoms with van der Waals surface area (Å²) in [6.45, 7) is 4.16. The van der Waals surface area contributed by atoms with E-state index in [2.05, 4.69) is 21.3 Å². The summed E-state index contributed by atoms with van der Waals surface area (Å²) in [5.74, 6) is -5.52. The predicted molar refractivity (Wildman–Crippen MR) is 112 cm³/mol. The highest BCUT2D eigenvalue weighted by atomic mass is 16.4. The largest absolute Gasteiger partial charge is 0.480 e. The van der Waals surface area contributed by atoms with Crippen LogP contribution >= 0.6 is 0 Å². The van der Waals surface area contributed by atoms with Crippen molar-refractivity contribution in [3.63, 3.8) is 0 Å². The number of primary amides is 2. The molecular weight excluding hydrogens is 424 g/mol. The second-order valence-corrected chi connectivity index (χ2v) is 8.14. The first-order valence-electron chi connectivity index (χ1n) is 10.3. The molecule has 1 heterocycles. The van der Waals surface area contributed by atoms with E-state index in [-0.39, 0.29) is 12.3 Å². The predicted octanol–water partition coefficient (Wildman–Crippen LogP) is -2.93. The quantitative estimate of drug-likeness (QED) is 0.152. The Morgan fingerprint density at radius 2 is 1.41 bits per heavy atom. The minimum absolute atomic E-state index is 0.0556. The molecule has 0 aromatic heterocycles. The Labute approximate surface area is 185 Å². The third-order valence-electron chi connectivity index (χ3n) is 4.78. The highest BCUT2D eigenvalue weighted by Gasteiger charge is 2.33. The average molecular weight is 457 g/mol. The maximum atomic E-state index is 12.7. The normalized spacial score (nSPS) is 18.3. The van der Waals surface area contributed by atoms with Gasteiger partial charge in [0.15, 0.2) is 0 Å². The van der Waals surface area contributed by atoms with Crippen LogP contribution in [-0.4, -0.2) is 71.3 Å². The number of hydrogen-bond donors (Lipinski definition) is 7. The number of hydrogen-bond acceptors (Lipinski definition) is 7. The van der Waals surface area contributed by atoms with Gasteiger partial charge in [0.1, 0.15) is 18.1 Å². The van der Waals surface area contributed by atoms with E-state index in [0.717, 1.165) is 6.42 Å². The number of nitrogens with one attached hydrogen (secondary N) is 4. The van der Waals surface area contributed by atoms with Crippen LogP contribution in [0.25, 0.3) is 0 Å². The van der Waals surface area contributed by atoms with Gasteiger partial charge in [0.2, 0.25) is 29.5 Å². The average Bonchev–Trinajstić information content (AvgIpc) is 3.20. The molecule has 1 rings (SSSR count). The van der Waals surface area contributed by atoms with Crippen molar-refractivity contribution in [2.24, 2.45) is 17.4 Å². The molecule has 0 bridgehead atoms. The fourth-order valence-corrected chi connectivity index (χ4v) is 3.24. The zero-order valence-corrected chi connectivity index (χ0v) is 18.2. The standard InChI is InChI=1S/C19H32N6O7/c1-9(2)6-13(19(31)32)25-18(30)12(8-15(21)27)24-17(29)11(7-14(20)26)23-16(28)10-4-3-5-22-10/h9-13,22H,3-8H2,1-2H3,(H2,20,26)(H2,21,27)(H,23,28)(H,24,29)(H,25,30)(H,31,32). The van der Waals surface area contributed by atoms with Gasteiger partial charge in [-0.25, -0.2) is 4.79 Å². The topological polar surface area (TPSA) is 223 Å². The second-order valence-electron chi connectivity index (χ2n) is 8.14. The Bertz CT molecular complexity index is 736. The van der Waals surface area contributed by atoms with Crippen molar-refractivity contribution >= 4 is 35.5 Å². The number of amides is 5. The lowest BCUT2D eigenvalue weighted by Crippen LogP contribution is -2.58. The SMILES string of the molecule is CC(C)CC(NC(=O)C(CC(N)=O)NC(=O)C(CC(N)=O)NC(=O)C1CCCN1)C(=O)O. The summed E-state index contributed by atoms with van der Waals surface area (Å²) in [6, 6.07) is -4.68. The van der Waals surface area contributed by atoms with E-state index in [9.17, 15) is 33.9 Å². The summed E-state index contributed by atoms with van der Waals surface area (Å²) < 4.78 is 0. The van der Waals surface area contributed by atoms with Gasteiger partial charge in [-0.3, -0.25) is 24.0 Å². The first-order valence-corrected chi connectivity index (χ1v) is 10.3. The van der Waals surface area contributed by atoms with Gasteiger partial charge >= 0.3 is 5.97 Å². The van der Waals surface area contributed by atoms with Crippen LogP contribution in [0.1, 0.15) is 46.0 Å². The van der Waals surface area contributed by atoms with Crippen LogP contribution in [0.3, 0.4) is 0 Å². The Morgan fingerprint density at radius 1 is 0.906 bits per heavy atom. The smallest absolute Gasteiger partial charge is 0.326 e. The second kappa shape index (κ2) is 12.6. The third-order valence-corrected chi connectivity index (χ3v) is 4.78. The molecule has 13 nitrogen and oxygen atoms in total. The lowest BCUT2D eigenvalue weighted by atomic mass is 10.0. The van der Waals surface area contributed by atoms with Crippen LogP contribution in [0.2, 0.25) is 0 Å². The van der Waals surface area contributed by atoms with Gasteiger partial charge in [-0.05, 0) is 31.7 Å². The molecule has 180 valence electrons. The number of aliphatic carboxylic acids is 1. The molecule has 1 fully saturated rings. The maximum Gasteiger partial charge on any atom is 0.326 e. The van der Waals surface area contributed by atoms with Crippen molar-refractivity contribution in [1.29, 1.82) is 0 Å².